The second-order valence-electron chi connectivity index (χ2n) is 5.06. The number of pyridine rings is 1. The van der Waals surface area contributed by atoms with Gasteiger partial charge in [0.15, 0.2) is 0 Å². The van der Waals surface area contributed by atoms with Crippen molar-refractivity contribution >= 4 is 16.9 Å². The van der Waals surface area contributed by atoms with Gasteiger partial charge in [0.05, 0.1) is 22.6 Å². The molecule has 2 heterocycles. The highest BCUT2D eigenvalue weighted by Crippen LogP contribution is 2.25. The second-order valence-corrected chi connectivity index (χ2v) is 5.06. The van der Waals surface area contributed by atoms with Gasteiger partial charge in [0.2, 0.25) is 0 Å². The van der Waals surface area contributed by atoms with Crippen LogP contribution >= 0.6 is 0 Å². The Morgan fingerprint density at radius 3 is 2.57 bits per heavy atom. The van der Waals surface area contributed by atoms with Crippen molar-refractivity contribution in [1.82, 2.24) is 14.8 Å². The number of para-hydroxylation sites is 1. The van der Waals surface area contributed by atoms with Crippen molar-refractivity contribution < 1.29 is 9.90 Å². The number of aromatic carboxylic acids is 1. The topological polar surface area (TPSA) is 68.0 Å². The smallest absolute Gasteiger partial charge is 0.339 e. The van der Waals surface area contributed by atoms with Gasteiger partial charge < -0.3 is 5.11 Å². The summed E-state index contributed by atoms with van der Waals surface area (Å²) >= 11 is 0. The van der Waals surface area contributed by atoms with Gasteiger partial charge in [-0.1, -0.05) is 18.2 Å². The minimum atomic E-state index is -0.952. The molecule has 0 radical (unpaired) electrons. The molecule has 5 heteroatoms. The Labute approximate surface area is 121 Å². The van der Waals surface area contributed by atoms with Crippen molar-refractivity contribution in [2.24, 2.45) is 0 Å². The average molecular weight is 281 g/mol. The Morgan fingerprint density at radius 1 is 1.19 bits per heavy atom. The van der Waals surface area contributed by atoms with Crippen LogP contribution in [0.4, 0.5) is 0 Å². The number of nitrogens with zero attached hydrogens (tertiary/aromatic N) is 3. The van der Waals surface area contributed by atoms with Crippen molar-refractivity contribution in [3.05, 3.63) is 53.0 Å². The van der Waals surface area contributed by atoms with Crippen molar-refractivity contribution in [2.45, 2.75) is 20.8 Å². The predicted octanol–water partition coefficient (Wildman–Crippen LogP) is 3.04. The van der Waals surface area contributed by atoms with Crippen LogP contribution in [-0.4, -0.2) is 25.8 Å². The molecule has 0 fully saturated rings. The summed E-state index contributed by atoms with van der Waals surface area (Å²) in [6, 6.07) is 9.70. The van der Waals surface area contributed by atoms with E-state index in [-0.39, 0.29) is 5.56 Å². The van der Waals surface area contributed by atoms with Gasteiger partial charge >= 0.3 is 5.97 Å². The molecule has 0 atom stereocenters. The standard InChI is InChI=1S/C16H15N3O2/c1-9-8-14(12-6-4-5-7-13(12)17-9)19-11(3)15(16(20)21)10(2)18-19/h4-8H,1-3H3,(H,20,21). The van der Waals surface area contributed by atoms with E-state index >= 15 is 0 Å². The van der Waals surface area contributed by atoms with E-state index in [9.17, 15) is 9.90 Å². The molecule has 0 amide bonds. The molecule has 3 rings (SSSR count). The number of carboxylic acids is 1. The molecule has 0 spiro atoms. The SMILES string of the molecule is Cc1cc(-n2nc(C)c(C(=O)O)c2C)c2ccccc2n1. The summed E-state index contributed by atoms with van der Waals surface area (Å²) in [7, 11) is 0. The monoisotopic (exact) mass is 281 g/mol. The van der Waals surface area contributed by atoms with Crippen LogP contribution in [0.15, 0.2) is 30.3 Å². The van der Waals surface area contributed by atoms with E-state index in [1.165, 1.54) is 0 Å². The molecule has 3 aromatic rings. The largest absolute Gasteiger partial charge is 0.478 e. The fraction of sp³-hybridized carbons (Fsp3) is 0.188. The quantitative estimate of drug-likeness (QED) is 0.784. The van der Waals surface area contributed by atoms with E-state index < -0.39 is 5.97 Å². The van der Waals surface area contributed by atoms with Gasteiger partial charge in [-0.25, -0.2) is 9.48 Å². The molecular formula is C16H15N3O2. The molecular weight excluding hydrogens is 266 g/mol. The van der Waals surface area contributed by atoms with Crippen molar-refractivity contribution in [3.8, 4) is 5.69 Å². The summed E-state index contributed by atoms with van der Waals surface area (Å²) in [6.07, 6.45) is 0. The van der Waals surface area contributed by atoms with Gasteiger partial charge in [0.25, 0.3) is 0 Å². The third-order valence-corrected chi connectivity index (χ3v) is 3.56. The summed E-state index contributed by atoms with van der Waals surface area (Å²) in [5.41, 5.74) is 3.99. The molecule has 0 saturated heterocycles. The summed E-state index contributed by atoms with van der Waals surface area (Å²) in [4.78, 5) is 15.9. The molecule has 0 aliphatic carbocycles. The van der Waals surface area contributed by atoms with E-state index in [0.717, 1.165) is 22.3 Å². The zero-order valence-corrected chi connectivity index (χ0v) is 12.1. The average Bonchev–Trinajstić information content (AvgIpc) is 2.72. The van der Waals surface area contributed by atoms with Gasteiger partial charge in [-0.3, -0.25) is 4.98 Å². The molecule has 5 nitrogen and oxygen atoms in total. The molecule has 0 bridgehead atoms. The number of fused-ring (bicyclic) bond motifs is 1. The molecule has 1 N–H and O–H groups in total. The van der Waals surface area contributed by atoms with E-state index in [4.69, 9.17) is 0 Å². The molecule has 0 unspecified atom stereocenters. The maximum Gasteiger partial charge on any atom is 0.339 e. The number of benzene rings is 1. The molecule has 0 saturated carbocycles. The zero-order valence-electron chi connectivity index (χ0n) is 12.1. The Hall–Kier alpha value is -2.69. The number of carboxylic acid groups (broad SMARTS) is 1. The van der Waals surface area contributed by atoms with E-state index in [0.29, 0.717) is 11.4 Å². The maximum atomic E-state index is 11.4. The minimum absolute atomic E-state index is 0.258. The highest BCUT2D eigenvalue weighted by atomic mass is 16.4. The summed E-state index contributed by atoms with van der Waals surface area (Å²) < 4.78 is 1.69. The first-order chi connectivity index (χ1) is 9.99. The van der Waals surface area contributed by atoms with Gasteiger partial charge in [0.1, 0.15) is 5.56 Å². The molecule has 1 aromatic carbocycles. The summed E-state index contributed by atoms with van der Waals surface area (Å²) in [5, 5.41) is 14.7. The second kappa shape index (κ2) is 4.70. The lowest BCUT2D eigenvalue weighted by molar-refractivity contribution is 0.0695. The van der Waals surface area contributed by atoms with Crippen LogP contribution in [0.2, 0.25) is 0 Å². The Morgan fingerprint density at radius 2 is 1.90 bits per heavy atom. The molecule has 106 valence electrons. The zero-order chi connectivity index (χ0) is 15.1. The van der Waals surface area contributed by atoms with Crippen molar-refractivity contribution in [1.29, 1.82) is 0 Å². The van der Waals surface area contributed by atoms with Gasteiger partial charge in [-0.2, -0.15) is 5.10 Å². The number of hydrogen-bond acceptors (Lipinski definition) is 3. The Balaban J connectivity index is 2.36. The summed E-state index contributed by atoms with van der Waals surface area (Å²) in [5.74, 6) is -0.952. The molecule has 21 heavy (non-hydrogen) atoms. The third-order valence-electron chi connectivity index (χ3n) is 3.56. The number of rotatable bonds is 2. The first kappa shape index (κ1) is 13.3. The fourth-order valence-electron chi connectivity index (χ4n) is 2.65. The lowest BCUT2D eigenvalue weighted by atomic mass is 10.1. The van der Waals surface area contributed by atoms with Gasteiger partial charge in [-0.15, -0.1) is 0 Å². The summed E-state index contributed by atoms with van der Waals surface area (Å²) in [6.45, 7) is 5.40. The van der Waals surface area contributed by atoms with E-state index in [1.807, 2.05) is 37.3 Å². The molecule has 0 aliphatic heterocycles. The number of carbonyl (C=O) groups is 1. The molecule has 2 aromatic heterocycles. The van der Waals surface area contributed by atoms with Crippen molar-refractivity contribution in [3.63, 3.8) is 0 Å². The van der Waals surface area contributed by atoms with Crippen molar-refractivity contribution in [2.75, 3.05) is 0 Å². The van der Waals surface area contributed by atoms with Crippen LogP contribution < -0.4 is 0 Å². The third kappa shape index (κ3) is 2.07. The van der Waals surface area contributed by atoms with Gasteiger partial charge in [-0.05, 0) is 32.9 Å². The maximum absolute atomic E-state index is 11.4. The highest BCUT2D eigenvalue weighted by Gasteiger charge is 2.19. The normalized spacial score (nSPS) is 11.0. The van der Waals surface area contributed by atoms with Crippen LogP contribution in [0.3, 0.4) is 0 Å². The Kier molecular flexibility index (Phi) is 2.97. The van der Waals surface area contributed by atoms with Crippen LogP contribution in [0.25, 0.3) is 16.6 Å². The van der Waals surface area contributed by atoms with Crippen LogP contribution in [0, 0.1) is 20.8 Å². The number of aryl methyl sites for hydroxylation is 2. The first-order valence-corrected chi connectivity index (χ1v) is 6.65. The lowest BCUT2D eigenvalue weighted by Gasteiger charge is -2.09. The van der Waals surface area contributed by atoms with E-state index in [1.54, 1.807) is 18.5 Å². The highest BCUT2D eigenvalue weighted by molar-refractivity contribution is 5.91. The van der Waals surface area contributed by atoms with Gasteiger partial charge in [0, 0.05) is 11.1 Å². The Bertz CT molecular complexity index is 865. The van der Waals surface area contributed by atoms with Crippen LogP contribution in [0.1, 0.15) is 27.4 Å². The van der Waals surface area contributed by atoms with Crippen LogP contribution in [-0.2, 0) is 0 Å². The first-order valence-electron chi connectivity index (χ1n) is 6.65. The molecule has 0 aliphatic rings. The number of hydrogen-bond donors (Lipinski definition) is 1. The fourth-order valence-corrected chi connectivity index (χ4v) is 2.65. The minimum Gasteiger partial charge on any atom is -0.478 e. The number of aromatic nitrogens is 3. The van der Waals surface area contributed by atoms with Crippen LogP contribution in [0.5, 0.6) is 0 Å². The predicted molar refractivity (Wildman–Crippen MR) is 80.0 cm³/mol. The van der Waals surface area contributed by atoms with E-state index in [2.05, 4.69) is 10.1 Å². The lowest BCUT2D eigenvalue weighted by Crippen LogP contribution is -2.04.